The molecule has 0 saturated carbocycles. The second kappa shape index (κ2) is 17.4. The number of ether oxygens (including phenoxy) is 4. The monoisotopic (exact) mass is 665 g/mol. The quantitative estimate of drug-likeness (QED) is 0.0341. The maximum atomic E-state index is 14.0. The number of nitro benzene ring substituents is 1. The smallest absolute Gasteiger partial charge is 0.308 e. The van der Waals surface area contributed by atoms with Crippen molar-refractivity contribution in [3.63, 3.8) is 0 Å². The fourth-order valence-electron chi connectivity index (χ4n) is 5.01. The average Bonchev–Trinajstić information content (AvgIpc) is 3.07. The Bertz CT molecular complexity index is 1710. The Kier molecular flexibility index (Phi) is 13.1. The van der Waals surface area contributed by atoms with Crippen molar-refractivity contribution in [2.24, 2.45) is 0 Å². The molecule has 11 heteroatoms. The van der Waals surface area contributed by atoms with Gasteiger partial charge in [-0.3, -0.25) is 14.9 Å². The van der Waals surface area contributed by atoms with E-state index in [1.807, 2.05) is 26.0 Å². The highest BCUT2D eigenvalue weighted by Crippen LogP contribution is 2.52. The number of nitro groups is 1. The van der Waals surface area contributed by atoms with Crippen LogP contribution in [-0.2, 0) is 22.0 Å². The van der Waals surface area contributed by atoms with E-state index >= 15 is 0 Å². The van der Waals surface area contributed by atoms with Gasteiger partial charge in [-0.05, 0) is 74.1 Å². The Morgan fingerprint density at radius 3 is 2.02 bits per heavy atom. The number of rotatable bonds is 18. The number of fused-ring (bicyclic) bond motifs is 1. The molecule has 1 atom stereocenters. The third-order valence-corrected chi connectivity index (χ3v) is 8.65. The molecule has 1 unspecified atom stereocenters. The number of nitrogens with zero attached hydrogens (tertiary/aromatic N) is 1. The minimum Gasteiger partial charge on any atom is -0.489 e. The fraction of sp³-hybridized carbons (Fsp3) is 0.361. The van der Waals surface area contributed by atoms with Crippen molar-refractivity contribution < 1.29 is 37.3 Å². The van der Waals surface area contributed by atoms with Crippen molar-refractivity contribution in [1.82, 2.24) is 0 Å². The molecule has 0 aliphatic heterocycles. The van der Waals surface area contributed by atoms with Crippen molar-refractivity contribution in [2.75, 3.05) is 19.8 Å². The van der Waals surface area contributed by atoms with E-state index in [0.29, 0.717) is 76.7 Å². The Labute approximate surface area is 276 Å². The van der Waals surface area contributed by atoms with E-state index in [4.69, 9.17) is 18.9 Å². The molecule has 47 heavy (non-hydrogen) atoms. The molecule has 4 aromatic carbocycles. The first kappa shape index (κ1) is 35.3. The lowest BCUT2D eigenvalue weighted by Gasteiger charge is -2.22. The van der Waals surface area contributed by atoms with Gasteiger partial charge in [0, 0.05) is 39.6 Å². The molecular formula is C36H40FNO8S. The van der Waals surface area contributed by atoms with E-state index in [1.165, 1.54) is 37.3 Å². The summed E-state index contributed by atoms with van der Waals surface area (Å²) >= 11 is 0. The molecule has 0 aromatic heterocycles. The summed E-state index contributed by atoms with van der Waals surface area (Å²) in [5.74, 6) is 0.379. The van der Waals surface area contributed by atoms with E-state index in [9.17, 15) is 23.5 Å². The van der Waals surface area contributed by atoms with Crippen molar-refractivity contribution in [1.29, 1.82) is 0 Å². The fourth-order valence-corrected chi connectivity index (χ4v) is 6.08. The van der Waals surface area contributed by atoms with Crippen molar-refractivity contribution in [3.8, 4) is 23.0 Å². The van der Waals surface area contributed by atoms with Crippen molar-refractivity contribution in [3.05, 3.63) is 88.2 Å². The molecule has 4 rings (SSSR count). The normalized spacial score (nSPS) is 11.7. The molecule has 250 valence electrons. The molecule has 4 aromatic rings. The van der Waals surface area contributed by atoms with Crippen LogP contribution >= 0.6 is 0 Å². The van der Waals surface area contributed by atoms with E-state index < -0.39 is 21.7 Å². The first-order valence-electron chi connectivity index (χ1n) is 15.8. The largest absolute Gasteiger partial charge is 0.489 e. The number of aryl methyl sites for hydroxylation is 1. The second-order valence-electron chi connectivity index (χ2n) is 10.9. The van der Waals surface area contributed by atoms with Gasteiger partial charge in [-0.2, -0.15) is 0 Å². The number of unbranched alkanes of at least 4 members (excludes halogenated alkanes) is 3. The van der Waals surface area contributed by atoms with Crippen LogP contribution in [0.1, 0.15) is 64.9 Å². The number of halogens is 1. The molecule has 0 N–H and O–H groups in total. The number of hydrogen-bond donors (Lipinski definition) is 0. The van der Waals surface area contributed by atoms with Crippen LogP contribution < -0.4 is 18.9 Å². The van der Waals surface area contributed by atoms with Gasteiger partial charge in [0.05, 0.1) is 35.5 Å². The zero-order valence-electron chi connectivity index (χ0n) is 26.9. The highest BCUT2D eigenvalue weighted by atomic mass is 32.2. The molecule has 0 spiro atoms. The van der Waals surface area contributed by atoms with Crippen LogP contribution in [0.3, 0.4) is 0 Å². The maximum absolute atomic E-state index is 14.0. The number of non-ortho nitro benzene ring substituents is 1. The predicted octanol–water partition coefficient (Wildman–Crippen LogP) is 8.74. The lowest BCUT2D eigenvalue weighted by Crippen LogP contribution is -2.10. The number of carbonyl (C=O) groups excluding carboxylic acids is 1. The van der Waals surface area contributed by atoms with Gasteiger partial charge in [-0.1, -0.05) is 44.9 Å². The molecular weight excluding hydrogens is 625 g/mol. The van der Waals surface area contributed by atoms with E-state index in [-0.39, 0.29) is 23.0 Å². The van der Waals surface area contributed by atoms with Crippen LogP contribution in [0, 0.1) is 15.9 Å². The third-order valence-electron chi connectivity index (χ3n) is 7.27. The Morgan fingerprint density at radius 1 is 0.766 bits per heavy atom. The first-order valence-corrected chi connectivity index (χ1v) is 17.0. The summed E-state index contributed by atoms with van der Waals surface area (Å²) in [5, 5.41) is 12.2. The number of hydrogen-bond acceptors (Lipinski definition) is 8. The van der Waals surface area contributed by atoms with Gasteiger partial charge in [0.15, 0.2) is 11.5 Å². The van der Waals surface area contributed by atoms with Crippen LogP contribution in [0.25, 0.3) is 10.8 Å². The molecule has 9 nitrogen and oxygen atoms in total. The summed E-state index contributed by atoms with van der Waals surface area (Å²) in [4.78, 5) is 23.7. The van der Waals surface area contributed by atoms with Crippen molar-refractivity contribution >= 4 is 33.2 Å². The molecule has 0 radical (unpaired) electrons. The lowest BCUT2D eigenvalue weighted by atomic mass is 10.1. The Balaban J connectivity index is 1.68. The summed E-state index contributed by atoms with van der Waals surface area (Å²) in [7, 11) is -1.69. The number of benzene rings is 4. The molecule has 0 aliphatic rings. The maximum Gasteiger partial charge on any atom is 0.308 e. The summed E-state index contributed by atoms with van der Waals surface area (Å²) in [6, 6.07) is 17.4. The summed E-state index contributed by atoms with van der Waals surface area (Å²) in [6.07, 6.45) is 5.37. The standard InChI is InChI=1S/C36H40FNO8S/c1-4-21-43-35-33(45-23-11-7-6-8-12-26-13-9-10-14-32(26)37)31-24-29(47(42)28-17-15-27(16-18-28)38(40)41)19-20-30(31)34(46-25(3)39)36(35)44-22-5-2/h9-10,13-20,24H,4-8,11-12,21-23H2,1-3H3. The molecule has 0 amide bonds. The summed E-state index contributed by atoms with van der Waals surface area (Å²) < 4.78 is 52.1. The number of carbonyl (C=O) groups is 1. The highest BCUT2D eigenvalue weighted by molar-refractivity contribution is 7.85. The molecule has 0 aliphatic carbocycles. The van der Waals surface area contributed by atoms with Gasteiger partial charge in [0.1, 0.15) is 5.82 Å². The van der Waals surface area contributed by atoms with Crippen molar-refractivity contribution in [2.45, 2.75) is 75.5 Å². The van der Waals surface area contributed by atoms with Crippen LogP contribution in [0.2, 0.25) is 0 Å². The van der Waals surface area contributed by atoms with Gasteiger partial charge < -0.3 is 18.9 Å². The topological polar surface area (TPSA) is 114 Å². The van der Waals surface area contributed by atoms with Gasteiger partial charge >= 0.3 is 5.97 Å². The van der Waals surface area contributed by atoms with Gasteiger partial charge in [0.25, 0.3) is 5.69 Å². The SMILES string of the molecule is CCCOc1c(OCCC)c(OC(C)=O)c2ccc(S(=O)c3ccc([N+](=O)[O-])cc3)cc2c1OCCCCCCc1ccccc1F. The average molecular weight is 666 g/mol. The molecule has 0 bridgehead atoms. The van der Waals surface area contributed by atoms with Crippen LogP contribution in [0.15, 0.2) is 76.5 Å². The van der Waals surface area contributed by atoms with Gasteiger partial charge in [-0.25, -0.2) is 8.60 Å². The first-order chi connectivity index (χ1) is 22.7. The minimum atomic E-state index is -1.69. The van der Waals surface area contributed by atoms with E-state index in [1.54, 1.807) is 24.3 Å². The second-order valence-corrected chi connectivity index (χ2v) is 12.4. The van der Waals surface area contributed by atoms with Gasteiger partial charge in [0.2, 0.25) is 11.5 Å². The lowest BCUT2D eigenvalue weighted by molar-refractivity contribution is -0.384. The summed E-state index contributed by atoms with van der Waals surface area (Å²) in [5.41, 5.74) is 0.609. The molecule has 0 saturated heterocycles. The molecule has 0 fully saturated rings. The number of esters is 1. The zero-order valence-corrected chi connectivity index (χ0v) is 27.7. The van der Waals surface area contributed by atoms with Crippen LogP contribution in [0.4, 0.5) is 10.1 Å². The molecule has 0 heterocycles. The Hall–Kier alpha value is -4.51. The van der Waals surface area contributed by atoms with Crippen LogP contribution in [-0.4, -0.2) is 34.9 Å². The summed E-state index contributed by atoms with van der Waals surface area (Å²) in [6.45, 7) is 6.25. The van der Waals surface area contributed by atoms with Crippen LogP contribution in [0.5, 0.6) is 23.0 Å². The zero-order chi connectivity index (χ0) is 33.8. The minimum absolute atomic E-state index is 0.101. The van der Waals surface area contributed by atoms with Gasteiger partial charge in [-0.15, -0.1) is 0 Å². The van der Waals surface area contributed by atoms with E-state index in [0.717, 1.165) is 25.7 Å². The highest BCUT2D eigenvalue weighted by Gasteiger charge is 2.27. The van der Waals surface area contributed by atoms with E-state index in [2.05, 4.69) is 0 Å². The predicted molar refractivity (Wildman–Crippen MR) is 179 cm³/mol. The third kappa shape index (κ3) is 9.28. The Morgan fingerprint density at radius 2 is 1.38 bits per heavy atom.